The summed E-state index contributed by atoms with van der Waals surface area (Å²) in [7, 11) is -4.50. The number of esters is 2. The van der Waals surface area contributed by atoms with Crippen LogP contribution in [0.25, 0.3) is 0 Å². The molecule has 386 valence electrons. The Hall–Kier alpha value is -2.58. The lowest BCUT2D eigenvalue weighted by Gasteiger charge is -2.32. The van der Waals surface area contributed by atoms with Gasteiger partial charge in [-0.2, -0.15) is 0 Å². The number of carbonyl (C=O) groups is 2. The van der Waals surface area contributed by atoms with Gasteiger partial charge < -0.3 is 14.4 Å². The zero-order valence-electron chi connectivity index (χ0n) is 44.1. The fourth-order valence-corrected chi connectivity index (χ4v) is 9.29. The van der Waals surface area contributed by atoms with Crippen LogP contribution < -0.4 is 0 Å². The first-order valence-electron chi connectivity index (χ1n) is 27.2. The molecule has 0 amide bonds. The maximum absolute atomic E-state index is 12.8. The summed E-state index contributed by atoms with van der Waals surface area (Å²) in [6, 6.07) is 0. The third-order valence-corrected chi connectivity index (χ3v) is 13.8. The van der Waals surface area contributed by atoms with Crippen LogP contribution in [0.5, 0.6) is 0 Å². The third kappa shape index (κ3) is 37.0. The molecule has 0 aliphatic heterocycles. The van der Waals surface area contributed by atoms with Crippen molar-refractivity contribution in [3.05, 3.63) is 58.7 Å². The highest BCUT2D eigenvalue weighted by Gasteiger charge is 2.27. The van der Waals surface area contributed by atoms with Gasteiger partial charge in [-0.25, -0.2) is 4.57 Å². The van der Waals surface area contributed by atoms with Crippen LogP contribution in [0, 0.1) is 5.41 Å². The molecule has 0 saturated carbocycles. The minimum Gasteiger partial charge on any atom is -0.462 e. The van der Waals surface area contributed by atoms with Crippen molar-refractivity contribution in [3.8, 4) is 0 Å². The number of ether oxygens (including phenoxy) is 2. The summed E-state index contributed by atoms with van der Waals surface area (Å²) in [4.78, 5) is 40.2. The van der Waals surface area contributed by atoms with E-state index in [1.54, 1.807) is 6.21 Å². The van der Waals surface area contributed by atoms with E-state index in [-0.39, 0.29) is 44.0 Å². The Labute approximate surface area is 411 Å². The summed E-state index contributed by atoms with van der Waals surface area (Å²) in [5.74, 6) is -0.826. The number of hydrogen-bond acceptors (Lipinski definition) is 8. The van der Waals surface area contributed by atoms with Crippen LogP contribution in [-0.2, 0) is 32.7 Å². The number of hydrogen-bond donors (Lipinski definition) is 1. The van der Waals surface area contributed by atoms with E-state index in [2.05, 4.69) is 64.8 Å². The number of allylic oxidation sites excluding steroid dienone is 10. The predicted molar refractivity (Wildman–Crippen MR) is 283 cm³/mol. The van der Waals surface area contributed by atoms with E-state index < -0.39 is 26.5 Å². The molecular formula is C57H100NO8P. The molecule has 1 unspecified atom stereocenters. The van der Waals surface area contributed by atoms with Gasteiger partial charge in [-0.1, -0.05) is 223 Å². The zero-order chi connectivity index (χ0) is 49.3. The first-order valence-corrected chi connectivity index (χ1v) is 28.7. The molecule has 1 rings (SSSR count). The lowest BCUT2D eigenvalue weighted by Crippen LogP contribution is -2.29. The minimum absolute atomic E-state index is 0.144. The number of phosphoric acid groups is 1. The third-order valence-electron chi connectivity index (χ3n) is 12.8. The van der Waals surface area contributed by atoms with Gasteiger partial charge in [0.15, 0.2) is 6.10 Å². The molecule has 0 aromatic carbocycles. The van der Waals surface area contributed by atoms with Crippen molar-refractivity contribution >= 4 is 26.0 Å². The lowest BCUT2D eigenvalue weighted by atomic mass is 9.72. The summed E-state index contributed by atoms with van der Waals surface area (Å²) in [6.07, 6.45) is 48.7. The molecule has 9 nitrogen and oxygen atoms in total. The normalized spacial score (nSPS) is 16.1. The molecule has 0 aromatic rings. The van der Waals surface area contributed by atoms with Crippen LogP contribution in [0.15, 0.2) is 63.7 Å². The number of carbonyl (C=O) groups excluding carboxylic acids is 2. The van der Waals surface area contributed by atoms with Crippen LogP contribution in [0.1, 0.15) is 248 Å². The Morgan fingerprint density at radius 2 is 1.15 bits per heavy atom. The van der Waals surface area contributed by atoms with Crippen molar-refractivity contribution in [1.29, 1.82) is 0 Å². The molecule has 0 aromatic heterocycles. The predicted octanol–water partition coefficient (Wildman–Crippen LogP) is 17.1. The quantitative estimate of drug-likeness (QED) is 0.0211. The Balaban J connectivity index is 2.52. The highest BCUT2D eigenvalue weighted by Crippen LogP contribution is 2.43. The number of rotatable bonds is 43. The molecule has 2 atom stereocenters. The fourth-order valence-electron chi connectivity index (χ4n) is 8.55. The van der Waals surface area contributed by atoms with E-state index in [0.717, 1.165) is 44.1 Å². The van der Waals surface area contributed by atoms with Gasteiger partial charge in [0, 0.05) is 19.1 Å². The largest absolute Gasteiger partial charge is 0.472 e. The van der Waals surface area contributed by atoms with Gasteiger partial charge >= 0.3 is 19.8 Å². The summed E-state index contributed by atoms with van der Waals surface area (Å²) >= 11 is 0. The van der Waals surface area contributed by atoms with E-state index >= 15 is 0 Å². The average Bonchev–Trinajstić information content (AvgIpc) is 3.28. The monoisotopic (exact) mass is 958 g/mol. The minimum atomic E-state index is -4.50. The Morgan fingerprint density at radius 1 is 0.672 bits per heavy atom. The Morgan fingerprint density at radius 3 is 1.66 bits per heavy atom. The lowest BCUT2D eigenvalue weighted by molar-refractivity contribution is -0.161. The van der Waals surface area contributed by atoms with Gasteiger partial charge in [-0.05, 0) is 75.5 Å². The van der Waals surface area contributed by atoms with E-state index in [4.69, 9.17) is 18.5 Å². The molecule has 0 radical (unpaired) electrons. The summed E-state index contributed by atoms with van der Waals surface area (Å²) in [5.41, 5.74) is 5.32. The van der Waals surface area contributed by atoms with Crippen molar-refractivity contribution in [3.63, 3.8) is 0 Å². The molecule has 1 N–H and O–H groups in total. The summed E-state index contributed by atoms with van der Waals surface area (Å²) in [6.45, 7) is 14.8. The SMILES string of the molecule is CCCCCCCCCCCCCCCC(=O)OC[C@@H](COP(=O)(O)OCCN=C/C=C(C)/C=C/C=C(C)/C=C/C1=C(C)CCCC1(C)C)OC(=O)CCCCCCCCCCCCCCC. The number of unbranched alkanes of at least 4 members (excludes halogenated alkanes) is 24. The molecule has 0 heterocycles. The van der Waals surface area contributed by atoms with E-state index in [1.165, 1.54) is 158 Å². The van der Waals surface area contributed by atoms with Crippen LogP contribution >= 0.6 is 7.82 Å². The summed E-state index contributed by atoms with van der Waals surface area (Å²) in [5, 5.41) is 0. The smallest absolute Gasteiger partial charge is 0.462 e. The van der Waals surface area contributed by atoms with Gasteiger partial charge in [-0.15, -0.1) is 0 Å². The molecule has 1 aliphatic carbocycles. The molecule has 0 bridgehead atoms. The Kier molecular flexibility index (Phi) is 38.4. The van der Waals surface area contributed by atoms with Crippen LogP contribution in [-0.4, -0.2) is 55.5 Å². The second kappa shape index (κ2) is 41.2. The van der Waals surface area contributed by atoms with Gasteiger partial charge in [0.1, 0.15) is 6.61 Å². The first kappa shape index (κ1) is 62.4. The fraction of sp³-hybridized carbons (Fsp3) is 0.772. The van der Waals surface area contributed by atoms with Gasteiger partial charge in [-0.3, -0.25) is 23.6 Å². The molecule has 0 saturated heterocycles. The maximum Gasteiger partial charge on any atom is 0.472 e. The number of aliphatic imine (C=N–C) groups is 1. The molecule has 1 aliphatic rings. The average molecular weight is 958 g/mol. The topological polar surface area (TPSA) is 121 Å². The highest BCUT2D eigenvalue weighted by molar-refractivity contribution is 7.47. The second-order valence-electron chi connectivity index (χ2n) is 19.9. The van der Waals surface area contributed by atoms with E-state index in [0.29, 0.717) is 6.42 Å². The van der Waals surface area contributed by atoms with E-state index in [9.17, 15) is 19.0 Å². The van der Waals surface area contributed by atoms with Crippen molar-refractivity contribution in [1.82, 2.24) is 0 Å². The molecule has 10 heteroatoms. The van der Waals surface area contributed by atoms with Crippen LogP contribution in [0.4, 0.5) is 0 Å². The number of phosphoric ester groups is 1. The highest BCUT2D eigenvalue weighted by atomic mass is 31.2. The van der Waals surface area contributed by atoms with Crippen LogP contribution in [0.3, 0.4) is 0 Å². The van der Waals surface area contributed by atoms with Crippen molar-refractivity contribution < 1.29 is 37.6 Å². The molecule has 0 fully saturated rings. The standard InChI is InChI=1S/C57H100NO8P/c1-8-10-12-14-16-18-20-22-24-26-28-30-32-39-55(59)63-48-53(66-56(60)40-33-31-29-27-25-23-21-19-17-15-13-11-9-2)49-65-67(61,62)64-47-46-58-45-43-51(4)37-34-36-50(3)41-42-54-52(5)38-35-44-57(54,6)7/h34,36-37,41-43,45,53H,8-33,35,38-40,44,46-49H2,1-7H3,(H,61,62)/b37-34+,42-41+,50-36+,51-43+,58-45?/t53-/m0/s1. The van der Waals surface area contributed by atoms with Gasteiger partial charge in [0.2, 0.25) is 0 Å². The molecular weight excluding hydrogens is 858 g/mol. The van der Waals surface area contributed by atoms with Crippen molar-refractivity contribution in [2.75, 3.05) is 26.4 Å². The molecule has 0 spiro atoms. The first-order chi connectivity index (χ1) is 32.3. The van der Waals surface area contributed by atoms with Crippen molar-refractivity contribution in [2.45, 2.75) is 254 Å². The molecule has 67 heavy (non-hydrogen) atoms. The van der Waals surface area contributed by atoms with E-state index in [1.807, 2.05) is 25.2 Å². The summed E-state index contributed by atoms with van der Waals surface area (Å²) < 4.78 is 34.3. The maximum atomic E-state index is 12.8. The second-order valence-corrected chi connectivity index (χ2v) is 21.3. The van der Waals surface area contributed by atoms with Crippen molar-refractivity contribution in [2.24, 2.45) is 10.4 Å². The zero-order valence-corrected chi connectivity index (χ0v) is 45.0. The number of nitrogens with zero attached hydrogens (tertiary/aromatic N) is 1. The van der Waals surface area contributed by atoms with Gasteiger partial charge in [0.25, 0.3) is 0 Å². The van der Waals surface area contributed by atoms with Gasteiger partial charge in [0.05, 0.1) is 19.8 Å². The Bertz CT molecular complexity index is 1520. The van der Waals surface area contributed by atoms with Crippen LogP contribution in [0.2, 0.25) is 0 Å².